The zero-order valence-electron chi connectivity index (χ0n) is 13.1. The van der Waals surface area contributed by atoms with Crippen LogP contribution in [0.1, 0.15) is 41.0 Å². The molecule has 0 bridgehead atoms. The zero-order chi connectivity index (χ0) is 14.9. The summed E-state index contributed by atoms with van der Waals surface area (Å²) in [5, 5.41) is 3.36. The van der Waals surface area contributed by atoms with E-state index in [1.54, 1.807) is 0 Å². The average molecular weight is 310 g/mol. The van der Waals surface area contributed by atoms with Gasteiger partial charge in [0.1, 0.15) is 11.5 Å². The lowest BCUT2D eigenvalue weighted by Gasteiger charge is -2.24. The molecule has 0 aliphatic carbocycles. The molecule has 0 amide bonds. The Kier molecular flexibility index (Phi) is 9.79. The van der Waals surface area contributed by atoms with Crippen LogP contribution in [0.5, 0.6) is 0 Å². The van der Waals surface area contributed by atoms with Crippen LogP contribution in [0.2, 0.25) is 0 Å². The van der Waals surface area contributed by atoms with Gasteiger partial charge < -0.3 is 14.6 Å². The highest BCUT2D eigenvalue weighted by atomic mass is 32.2. The van der Waals surface area contributed by atoms with Crippen molar-refractivity contribution in [1.82, 2.24) is 5.32 Å². The molecule has 0 fully saturated rings. The molecule has 0 spiro atoms. The third-order valence-electron chi connectivity index (χ3n) is 2.52. The van der Waals surface area contributed by atoms with E-state index in [0.29, 0.717) is 12.4 Å². The first kappa shape index (κ1) is 19.6. The van der Waals surface area contributed by atoms with E-state index in [1.165, 1.54) is 0 Å². The van der Waals surface area contributed by atoms with Gasteiger partial charge >= 0.3 is 0 Å². The van der Waals surface area contributed by atoms with Crippen LogP contribution in [0.15, 0.2) is 0 Å². The van der Waals surface area contributed by atoms with Gasteiger partial charge in [0, 0.05) is 24.3 Å². The molecular formula is C14H31NO2S2. The van der Waals surface area contributed by atoms with Crippen molar-refractivity contribution in [1.29, 1.82) is 0 Å². The minimum absolute atomic E-state index is 0.0170. The smallest absolute Gasteiger partial charge is 0.118 e. The Balaban J connectivity index is 3.48. The zero-order valence-corrected chi connectivity index (χ0v) is 14.8. The maximum atomic E-state index is 11.8. The van der Waals surface area contributed by atoms with Gasteiger partial charge in [-0.3, -0.25) is 0 Å². The highest BCUT2D eigenvalue weighted by molar-refractivity contribution is 7.91. The molecule has 0 radical (unpaired) electrons. The Morgan fingerprint density at radius 3 is 2.32 bits per heavy atom. The second-order valence-electron chi connectivity index (χ2n) is 6.78. The van der Waals surface area contributed by atoms with Gasteiger partial charge in [0.25, 0.3) is 0 Å². The third kappa shape index (κ3) is 13.3. The third-order valence-corrected chi connectivity index (χ3v) is 4.72. The van der Waals surface area contributed by atoms with E-state index in [-0.39, 0.29) is 11.0 Å². The molecule has 0 saturated heterocycles. The second-order valence-corrected chi connectivity index (χ2v) is 8.80. The Labute approximate surface area is 127 Å². The lowest BCUT2D eigenvalue weighted by Crippen LogP contribution is -2.43. The van der Waals surface area contributed by atoms with E-state index < -0.39 is 11.2 Å². The molecule has 1 unspecified atom stereocenters. The van der Waals surface area contributed by atoms with Crippen LogP contribution in [-0.2, 0) is 15.9 Å². The highest BCUT2D eigenvalue weighted by Gasteiger charge is 2.15. The number of thiol groups is 1. The van der Waals surface area contributed by atoms with Crippen molar-refractivity contribution >= 4 is 23.8 Å². The SMILES string of the molecule is CC(C)(C)COCCC[S+]([O-])CCNC(C)(C)CS. The van der Waals surface area contributed by atoms with E-state index in [4.69, 9.17) is 4.74 Å². The Morgan fingerprint density at radius 1 is 1.16 bits per heavy atom. The van der Waals surface area contributed by atoms with Gasteiger partial charge in [0.2, 0.25) is 0 Å². The summed E-state index contributed by atoms with van der Waals surface area (Å²) in [6.45, 7) is 12.9. The minimum Gasteiger partial charge on any atom is -0.616 e. The van der Waals surface area contributed by atoms with Gasteiger partial charge in [-0.15, -0.1) is 0 Å². The van der Waals surface area contributed by atoms with Gasteiger partial charge in [-0.1, -0.05) is 31.9 Å². The molecule has 0 saturated carbocycles. The van der Waals surface area contributed by atoms with Crippen LogP contribution < -0.4 is 5.32 Å². The van der Waals surface area contributed by atoms with Crippen molar-refractivity contribution in [3.05, 3.63) is 0 Å². The van der Waals surface area contributed by atoms with Gasteiger partial charge in [-0.2, -0.15) is 12.6 Å². The van der Waals surface area contributed by atoms with Crippen LogP contribution in [0, 0.1) is 5.41 Å². The fraction of sp³-hybridized carbons (Fsp3) is 1.00. The molecule has 1 atom stereocenters. The summed E-state index contributed by atoms with van der Waals surface area (Å²) in [6, 6.07) is 0. The number of hydrogen-bond acceptors (Lipinski definition) is 4. The molecule has 0 aromatic carbocycles. The van der Waals surface area contributed by atoms with E-state index in [1.807, 2.05) is 0 Å². The maximum Gasteiger partial charge on any atom is 0.118 e. The van der Waals surface area contributed by atoms with Gasteiger partial charge in [0.05, 0.1) is 13.2 Å². The number of hydrogen-bond donors (Lipinski definition) is 2. The summed E-state index contributed by atoms with van der Waals surface area (Å²) in [4.78, 5) is 0. The molecule has 0 heterocycles. The first-order valence-electron chi connectivity index (χ1n) is 6.95. The second kappa shape index (κ2) is 9.50. The van der Waals surface area contributed by atoms with Crippen molar-refractivity contribution in [3.8, 4) is 0 Å². The summed E-state index contributed by atoms with van der Waals surface area (Å²) in [5.74, 6) is 2.21. The first-order valence-corrected chi connectivity index (χ1v) is 9.07. The summed E-state index contributed by atoms with van der Waals surface area (Å²) in [7, 11) is 0. The van der Waals surface area contributed by atoms with Crippen molar-refractivity contribution in [2.45, 2.75) is 46.6 Å². The van der Waals surface area contributed by atoms with Crippen LogP contribution >= 0.6 is 12.6 Å². The molecule has 1 N–H and O–H groups in total. The summed E-state index contributed by atoms with van der Waals surface area (Å²) in [6.07, 6.45) is 0.874. The molecule has 0 aliphatic heterocycles. The lowest BCUT2D eigenvalue weighted by atomic mass is 9.99. The normalized spacial score (nSPS) is 14.7. The number of ether oxygens (including phenoxy) is 1. The van der Waals surface area contributed by atoms with E-state index >= 15 is 0 Å². The molecule has 0 aliphatic rings. The summed E-state index contributed by atoms with van der Waals surface area (Å²) in [5.41, 5.74) is 0.227. The summed E-state index contributed by atoms with van der Waals surface area (Å²) < 4.78 is 17.3. The average Bonchev–Trinajstić information content (AvgIpc) is 2.27. The monoisotopic (exact) mass is 309 g/mol. The van der Waals surface area contributed by atoms with E-state index in [2.05, 4.69) is 52.6 Å². The van der Waals surface area contributed by atoms with Crippen molar-refractivity contribution in [2.24, 2.45) is 5.41 Å². The van der Waals surface area contributed by atoms with Gasteiger partial charge in [0.15, 0.2) is 0 Å². The fourth-order valence-electron chi connectivity index (χ4n) is 1.36. The topological polar surface area (TPSA) is 44.3 Å². The van der Waals surface area contributed by atoms with Crippen LogP contribution in [0.3, 0.4) is 0 Å². The molecule has 19 heavy (non-hydrogen) atoms. The van der Waals surface area contributed by atoms with Crippen LogP contribution in [-0.4, -0.2) is 47.1 Å². The molecule has 3 nitrogen and oxygen atoms in total. The predicted molar refractivity (Wildman–Crippen MR) is 88.7 cm³/mol. The van der Waals surface area contributed by atoms with Crippen LogP contribution in [0.25, 0.3) is 0 Å². The van der Waals surface area contributed by atoms with Gasteiger partial charge in [-0.05, 0) is 19.3 Å². The van der Waals surface area contributed by atoms with Gasteiger partial charge in [-0.25, -0.2) is 0 Å². The molecule has 5 heteroatoms. The lowest BCUT2D eigenvalue weighted by molar-refractivity contribution is 0.0720. The van der Waals surface area contributed by atoms with Crippen LogP contribution in [0.4, 0.5) is 0 Å². The largest absolute Gasteiger partial charge is 0.616 e. The highest BCUT2D eigenvalue weighted by Crippen LogP contribution is 2.12. The molecule has 116 valence electrons. The minimum atomic E-state index is -0.749. The standard InChI is InChI=1S/C14H31NO2S2/c1-13(2,3)11-17-8-6-9-19(16)10-7-15-14(4,5)12-18/h15,18H,6-12H2,1-5H3. The van der Waals surface area contributed by atoms with Crippen molar-refractivity contribution < 1.29 is 9.29 Å². The number of rotatable bonds is 10. The predicted octanol–water partition coefficient (Wildman–Crippen LogP) is 2.49. The van der Waals surface area contributed by atoms with Crippen molar-refractivity contribution in [2.75, 3.05) is 37.0 Å². The molecule has 0 rings (SSSR count). The molecule has 0 aromatic heterocycles. The Bertz CT molecular complexity index is 230. The van der Waals surface area contributed by atoms with Crippen molar-refractivity contribution in [3.63, 3.8) is 0 Å². The van der Waals surface area contributed by atoms with E-state index in [0.717, 1.165) is 31.1 Å². The fourth-order valence-corrected chi connectivity index (χ4v) is 2.45. The Hall–Kier alpha value is 0.580. The molecular weight excluding hydrogens is 278 g/mol. The maximum absolute atomic E-state index is 11.8. The Morgan fingerprint density at radius 2 is 1.79 bits per heavy atom. The summed E-state index contributed by atoms with van der Waals surface area (Å²) >= 11 is 3.53. The molecule has 0 aromatic rings. The number of nitrogens with one attached hydrogen (secondary N) is 1. The first-order chi connectivity index (χ1) is 8.66. The quantitative estimate of drug-likeness (QED) is 0.370. The van der Waals surface area contributed by atoms with E-state index in [9.17, 15) is 4.55 Å².